The maximum atomic E-state index is 4.68. The molecule has 2 heterocycles. The molecule has 0 bridgehead atoms. The SMILES string of the molecule is Cc1cccc(CN2CC(C)NCC2(C)C2CC2)n1. The van der Waals surface area contributed by atoms with Crippen LogP contribution in [0.25, 0.3) is 0 Å². The lowest BCUT2D eigenvalue weighted by Crippen LogP contribution is -2.63. The number of rotatable bonds is 3. The van der Waals surface area contributed by atoms with Gasteiger partial charge in [-0.05, 0) is 51.7 Å². The van der Waals surface area contributed by atoms with Crippen molar-refractivity contribution in [3.05, 3.63) is 29.6 Å². The monoisotopic (exact) mass is 259 g/mol. The van der Waals surface area contributed by atoms with Crippen molar-refractivity contribution < 1.29 is 0 Å². The molecular weight excluding hydrogens is 234 g/mol. The van der Waals surface area contributed by atoms with Crippen molar-refractivity contribution in [3.63, 3.8) is 0 Å². The van der Waals surface area contributed by atoms with Crippen LogP contribution in [0.2, 0.25) is 0 Å². The van der Waals surface area contributed by atoms with Crippen molar-refractivity contribution in [3.8, 4) is 0 Å². The molecule has 0 radical (unpaired) electrons. The van der Waals surface area contributed by atoms with Gasteiger partial charge in [0.1, 0.15) is 0 Å². The van der Waals surface area contributed by atoms with Crippen LogP contribution in [-0.2, 0) is 6.54 Å². The molecule has 19 heavy (non-hydrogen) atoms. The standard InChI is InChI=1S/C16H25N3/c1-12-5-4-6-15(18-12)10-19-9-13(2)17-11-16(19,3)14-7-8-14/h4-6,13-14,17H,7-11H2,1-3H3. The Balaban J connectivity index is 1.79. The quantitative estimate of drug-likeness (QED) is 0.903. The van der Waals surface area contributed by atoms with Crippen LogP contribution < -0.4 is 5.32 Å². The summed E-state index contributed by atoms with van der Waals surface area (Å²) in [6, 6.07) is 6.94. The number of nitrogens with one attached hydrogen (secondary N) is 1. The summed E-state index contributed by atoms with van der Waals surface area (Å²) in [6.07, 6.45) is 2.79. The fraction of sp³-hybridized carbons (Fsp3) is 0.688. The average Bonchev–Trinajstić information content (AvgIpc) is 3.18. The van der Waals surface area contributed by atoms with Crippen molar-refractivity contribution in [1.29, 1.82) is 0 Å². The summed E-state index contributed by atoms with van der Waals surface area (Å²) < 4.78 is 0. The summed E-state index contributed by atoms with van der Waals surface area (Å²) in [6.45, 7) is 10.0. The molecule has 1 aromatic rings. The minimum atomic E-state index is 0.317. The van der Waals surface area contributed by atoms with Crippen LogP contribution in [0.5, 0.6) is 0 Å². The number of hydrogen-bond acceptors (Lipinski definition) is 3. The third-order valence-electron chi connectivity index (χ3n) is 4.78. The van der Waals surface area contributed by atoms with Crippen LogP contribution in [-0.4, -0.2) is 34.6 Å². The summed E-state index contributed by atoms with van der Waals surface area (Å²) in [5, 5.41) is 3.66. The molecule has 3 heteroatoms. The third-order valence-corrected chi connectivity index (χ3v) is 4.78. The second-order valence-electron chi connectivity index (χ2n) is 6.56. The molecule has 0 amide bonds. The molecule has 3 rings (SSSR count). The number of piperazine rings is 1. The van der Waals surface area contributed by atoms with Crippen molar-refractivity contribution >= 4 is 0 Å². The summed E-state index contributed by atoms with van der Waals surface area (Å²) in [5.41, 5.74) is 2.65. The highest BCUT2D eigenvalue weighted by Crippen LogP contribution is 2.44. The minimum Gasteiger partial charge on any atom is -0.311 e. The molecule has 1 aliphatic carbocycles. The first-order valence-corrected chi connectivity index (χ1v) is 7.49. The van der Waals surface area contributed by atoms with E-state index in [1.54, 1.807) is 0 Å². The lowest BCUT2D eigenvalue weighted by Gasteiger charge is -2.48. The fourth-order valence-corrected chi connectivity index (χ4v) is 3.33. The molecule has 0 spiro atoms. The van der Waals surface area contributed by atoms with E-state index in [9.17, 15) is 0 Å². The van der Waals surface area contributed by atoms with Crippen LogP contribution in [0.1, 0.15) is 38.1 Å². The molecular formula is C16H25N3. The molecule has 2 unspecified atom stereocenters. The van der Waals surface area contributed by atoms with Crippen molar-refractivity contribution in [2.75, 3.05) is 13.1 Å². The van der Waals surface area contributed by atoms with E-state index >= 15 is 0 Å². The van der Waals surface area contributed by atoms with Gasteiger partial charge in [-0.2, -0.15) is 0 Å². The highest BCUT2D eigenvalue weighted by Gasteiger charge is 2.47. The molecule has 1 saturated heterocycles. The van der Waals surface area contributed by atoms with Gasteiger partial charge in [-0.25, -0.2) is 0 Å². The molecule has 0 aromatic carbocycles. The molecule has 1 aliphatic heterocycles. The zero-order valence-electron chi connectivity index (χ0n) is 12.3. The first-order chi connectivity index (χ1) is 9.08. The van der Waals surface area contributed by atoms with Crippen LogP contribution in [0, 0.1) is 12.8 Å². The molecule has 1 saturated carbocycles. The maximum absolute atomic E-state index is 4.68. The molecule has 2 aliphatic rings. The summed E-state index contributed by atoms with van der Waals surface area (Å²) in [5.74, 6) is 0.873. The lowest BCUT2D eigenvalue weighted by atomic mass is 9.89. The Morgan fingerprint density at radius 3 is 2.89 bits per heavy atom. The molecule has 1 aromatic heterocycles. The first-order valence-electron chi connectivity index (χ1n) is 7.49. The lowest BCUT2D eigenvalue weighted by molar-refractivity contribution is 0.0301. The van der Waals surface area contributed by atoms with Crippen LogP contribution >= 0.6 is 0 Å². The van der Waals surface area contributed by atoms with Crippen LogP contribution in [0.3, 0.4) is 0 Å². The predicted octanol–water partition coefficient (Wildman–Crippen LogP) is 2.35. The molecule has 3 nitrogen and oxygen atoms in total. The van der Waals surface area contributed by atoms with E-state index in [0.717, 1.165) is 31.2 Å². The summed E-state index contributed by atoms with van der Waals surface area (Å²) in [7, 11) is 0. The van der Waals surface area contributed by atoms with Gasteiger partial charge in [0.25, 0.3) is 0 Å². The molecule has 2 atom stereocenters. The van der Waals surface area contributed by atoms with Crippen LogP contribution in [0.4, 0.5) is 0 Å². The number of aryl methyl sites for hydroxylation is 1. The van der Waals surface area contributed by atoms with Crippen molar-refractivity contribution in [2.45, 2.75) is 51.7 Å². The maximum Gasteiger partial charge on any atom is 0.0547 e. The second-order valence-corrected chi connectivity index (χ2v) is 6.56. The van der Waals surface area contributed by atoms with E-state index in [0.29, 0.717) is 11.6 Å². The topological polar surface area (TPSA) is 28.2 Å². The van der Waals surface area contributed by atoms with E-state index in [-0.39, 0.29) is 0 Å². The van der Waals surface area contributed by atoms with E-state index < -0.39 is 0 Å². The van der Waals surface area contributed by atoms with E-state index in [1.165, 1.54) is 18.5 Å². The zero-order chi connectivity index (χ0) is 13.5. The minimum absolute atomic E-state index is 0.317. The Labute approximate surface area is 116 Å². The Morgan fingerprint density at radius 1 is 1.42 bits per heavy atom. The normalized spacial score (nSPS) is 32.5. The average molecular weight is 259 g/mol. The van der Waals surface area contributed by atoms with Gasteiger partial charge in [-0.15, -0.1) is 0 Å². The van der Waals surface area contributed by atoms with E-state index in [4.69, 9.17) is 0 Å². The van der Waals surface area contributed by atoms with Gasteiger partial charge in [0.05, 0.1) is 5.69 Å². The Hall–Kier alpha value is -0.930. The fourth-order valence-electron chi connectivity index (χ4n) is 3.33. The number of aromatic nitrogens is 1. The highest BCUT2D eigenvalue weighted by molar-refractivity contribution is 5.12. The van der Waals surface area contributed by atoms with E-state index in [2.05, 4.69) is 54.2 Å². The number of pyridine rings is 1. The first kappa shape index (κ1) is 13.1. The predicted molar refractivity (Wildman–Crippen MR) is 78.0 cm³/mol. The van der Waals surface area contributed by atoms with Gasteiger partial charge >= 0.3 is 0 Å². The summed E-state index contributed by atoms with van der Waals surface area (Å²) in [4.78, 5) is 7.34. The van der Waals surface area contributed by atoms with Gasteiger partial charge in [0.2, 0.25) is 0 Å². The smallest absolute Gasteiger partial charge is 0.0547 e. The van der Waals surface area contributed by atoms with Crippen molar-refractivity contribution in [2.24, 2.45) is 5.92 Å². The third kappa shape index (κ3) is 2.67. The van der Waals surface area contributed by atoms with Crippen LogP contribution in [0.15, 0.2) is 18.2 Å². The molecule has 2 fully saturated rings. The second kappa shape index (κ2) is 4.88. The molecule has 1 N–H and O–H groups in total. The van der Waals surface area contributed by atoms with Gasteiger partial charge in [-0.3, -0.25) is 9.88 Å². The van der Waals surface area contributed by atoms with Gasteiger partial charge < -0.3 is 5.32 Å². The number of nitrogens with zero attached hydrogens (tertiary/aromatic N) is 2. The summed E-state index contributed by atoms with van der Waals surface area (Å²) >= 11 is 0. The van der Waals surface area contributed by atoms with Gasteiger partial charge in [-0.1, -0.05) is 6.07 Å². The Kier molecular flexibility index (Phi) is 3.35. The van der Waals surface area contributed by atoms with E-state index in [1.807, 2.05) is 0 Å². The largest absolute Gasteiger partial charge is 0.311 e. The Bertz CT molecular complexity index is 455. The zero-order valence-corrected chi connectivity index (χ0v) is 12.3. The van der Waals surface area contributed by atoms with Gasteiger partial charge in [0.15, 0.2) is 0 Å². The Morgan fingerprint density at radius 2 is 2.21 bits per heavy atom. The number of hydrogen-bond donors (Lipinski definition) is 1. The molecule has 104 valence electrons. The van der Waals surface area contributed by atoms with Gasteiger partial charge in [0, 0.05) is 36.9 Å². The van der Waals surface area contributed by atoms with Crippen molar-refractivity contribution in [1.82, 2.24) is 15.2 Å². The highest BCUT2D eigenvalue weighted by atomic mass is 15.3.